The lowest BCUT2D eigenvalue weighted by Crippen LogP contribution is -2.46. The fraction of sp³-hybridized carbons (Fsp3) is 0.680. The molecule has 29 heteroatoms. The summed E-state index contributed by atoms with van der Waals surface area (Å²) in [6, 6.07) is 0. The number of hydrogen-bond acceptors (Lipinski definition) is 18. The Labute approximate surface area is 310 Å². The van der Waals surface area contributed by atoms with Crippen LogP contribution < -0.4 is 16.4 Å². The summed E-state index contributed by atoms with van der Waals surface area (Å²) in [5, 5.41) is 35.2. The first-order valence-corrected chi connectivity index (χ1v) is 21.3. The number of aliphatic carboxylic acids is 1. The number of carbonyl (C=O) groups is 3. The molecule has 0 bridgehead atoms. The van der Waals surface area contributed by atoms with Crippen molar-refractivity contribution in [2.45, 2.75) is 57.8 Å². The van der Waals surface area contributed by atoms with Gasteiger partial charge >= 0.3 is 29.4 Å². The van der Waals surface area contributed by atoms with Gasteiger partial charge < -0.3 is 56.0 Å². The Morgan fingerprint density at radius 3 is 2.39 bits per heavy atom. The van der Waals surface area contributed by atoms with E-state index in [1.165, 1.54) is 25.6 Å². The number of ether oxygens (including phenoxy) is 1. The topological polar surface area (TPSA) is 384 Å². The number of nitrogens with two attached hydrogens (primary N) is 1. The highest BCUT2D eigenvalue weighted by Gasteiger charge is 2.50. The Bertz CT molecular complexity index is 1780. The summed E-state index contributed by atoms with van der Waals surface area (Å²) in [6.45, 7) is 2.08. The number of aromatic nitrogens is 4. The molecule has 2 aromatic heterocycles. The standard InChI is InChI=1S/C25H42N7O18P3S/c1-13(24(37)38)9-54-7-6-27-15(33)4-5-28-22(36)19(35)25(2,3)10-47-53(44,45)50-52(42,43)46-8-14-18(49-51(39,40)41)17(34)23(48-14)32-12-31-16-20(26)29-11-30-21(16)32/h11-14,17-19,23,34-35H,4-10H2,1-3H3,(H,27,33)(H,28,36)(H,37,38)(H,42,43)(H,44,45)(H2,26,29,30)(H2,39,40,41)/t13-,14-,17-,18-,19+,23-/m1/s1. The molecule has 0 radical (unpaired) electrons. The first kappa shape index (κ1) is 45.7. The number of nitrogen functional groups attached to an aromatic ring is 1. The van der Waals surface area contributed by atoms with Gasteiger partial charge in [-0.3, -0.25) is 32.5 Å². The van der Waals surface area contributed by atoms with Gasteiger partial charge in [0, 0.05) is 36.4 Å². The number of aliphatic hydroxyl groups is 2. The van der Waals surface area contributed by atoms with Gasteiger partial charge in [0.05, 0.1) is 25.5 Å². The second-order valence-electron chi connectivity index (χ2n) is 12.4. The predicted octanol–water partition coefficient (Wildman–Crippen LogP) is -1.14. The van der Waals surface area contributed by atoms with Crippen LogP contribution in [0.5, 0.6) is 0 Å². The molecule has 3 heterocycles. The van der Waals surface area contributed by atoms with Gasteiger partial charge in [-0.1, -0.05) is 20.8 Å². The molecule has 3 rings (SSSR count). The molecule has 2 amide bonds. The molecule has 1 aliphatic heterocycles. The number of nitrogens with one attached hydrogen (secondary N) is 2. The van der Waals surface area contributed by atoms with Gasteiger partial charge in [-0.15, -0.1) is 0 Å². The van der Waals surface area contributed by atoms with Crippen molar-refractivity contribution in [3.05, 3.63) is 12.7 Å². The van der Waals surface area contributed by atoms with E-state index < -0.39 is 96.4 Å². The first-order chi connectivity index (χ1) is 24.9. The number of rotatable bonds is 22. The van der Waals surface area contributed by atoms with E-state index in [0.29, 0.717) is 11.5 Å². The normalized spacial score (nSPS) is 22.6. The molecule has 11 N–H and O–H groups in total. The van der Waals surface area contributed by atoms with Gasteiger partial charge in [0.15, 0.2) is 17.7 Å². The molecule has 8 atom stereocenters. The zero-order chi connectivity index (χ0) is 40.6. The molecule has 1 fully saturated rings. The number of hydrogen-bond donors (Lipinski definition) is 10. The number of phosphoric ester groups is 3. The molecule has 2 unspecified atom stereocenters. The molecule has 1 saturated heterocycles. The number of phosphoric acid groups is 3. The lowest BCUT2D eigenvalue weighted by atomic mass is 9.87. The van der Waals surface area contributed by atoms with Crippen LogP contribution in [0.1, 0.15) is 33.4 Å². The molecule has 0 saturated carbocycles. The maximum absolute atomic E-state index is 12.6. The highest BCUT2D eigenvalue weighted by molar-refractivity contribution is 7.99. The minimum absolute atomic E-state index is 0.0271. The Balaban J connectivity index is 1.50. The predicted molar refractivity (Wildman–Crippen MR) is 184 cm³/mol. The fourth-order valence-corrected chi connectivity index (χ4v) is 8.27. The maximum Gasteiger partial charge on any atom is 0.481 e. The van der Waals surface area contributed by atoms with Crippen LogP contribution in [-0.4, -0.2) is 134 Å². The number of carboxylic acid groups (broad SMARTS) is 1. The van der Waals surface area contributed by atoms with Crippen molar-refractivity contribution in [3.8, 4) is 0 Å². The molecule has 0 aromatic carbocycles. The van der Waals surface area contributed by atoms with Crippen LogP contribution >= 0.6 is 35.2 Å². The minimum atomic E-state index is -5.57. The summed E-state index contributed by atoms with van der Waals surface area (Å²) >= 11 is 1.34. The number of anilines is 1. The quantitative estimate of drug-likeness (QED) is 0.0494. The number of carbonyl (C=O) groups excluding carboxylic acids is 2. The van der Waals surface area contributed by atoms with Crippen molar-refractivity contribution in [1.29, 1.82) is 0 Å². The zero-order valence-electron chi connectivity index (χ0n) is 28.8. The summed E-state index contributed by atoms with van der Waals surface area (Å²) in [5.74, 6) is -2.09. The molecule has 0 aliphatic carbocycles. The summed E-state index contributed by atoms with van der Waals surface area (Å²) in [7, 11) is -16.4. The minimum Gasteiger partial charge on any atom is -0.481 e. The molecule has 2 aromatic rings. The zero-order valence-corrected chi connectivity index (χ0v) is 32.3. The van der Waals surface area contributed by atoms with Gasteiger partial charge in [-0.05, 0) is 0 Å². The van der Waals surface area contributed by atoms with E-state index in [4.69, 9.17) is 24.6 Å². The number of aliphatic hydroxyl groups excluding tert-OH is 2. The van der Waals surface area contributed by atoms with E-state index in [1.54, 1.807) is 6.92 Å². The van der Waals surface area contributed by atoms with Crippen LogP contribution in [0.15, 0.2) is 12.7 Å². The van der Waals surface area contributed by atoms with Gasteiger partial charge in [0.2, 0.25) is 11.8 Å². The van der Waals surface area contributed by atoms with Gasteiger partial charge in [0.25, 0.3) is 0 Å². The number of fused-ring (bicyclic) bond motifs is 1. The fourth-order valence-electron chi connectivity index (χ4n) is 4.53. The van der Waals surface area contributed by atoms with Crippen molar-refractivity contribution >= 4 is 70.0 Å². The van der Waals surface area contributed by atoms with Gasteiger partial charge in [0.1, 0.15) is 36.3 Å². The van der Waals surface area contributed by atoms with E-state index >= 15 is 0 Å². The average Bonchev–Trinajstić information content (AvgIpc) is 3.62. The number of nitrogens with zero attached hydrogens (tertiary/aromatic N) is 4. The van der Waals surface area contributed by atoms with Crippen molar-refractivity contribution in [1.82, 2.24) is 30.2 Å². The lowest BCUT2D eigenvalue weighted by Gasteiger charge is -2.30. The van der Waals surface area contributed by atoms with Crippen LogP contribution in [0.3, 0.4) is 0 Å². The van der Waals surface area contributed by atoms with E-state index in [1.807, 2.05) is 0 Å². The molecule has 25 nitrogen and oxygen atoms in total. The average molecular weight is 854 g/mol. The van der Waals surface area contributed by atoms with E-state index in [-0.39, 0.29) is 36.5 Å². The Morgan fingerprint density at radius 1 is 1.07 bits per heavy atom. The third kappa shape index (κ3) is 13.5. The van der Waals surface area contributed by atoms with E-state index in [2.05, 4.69) is 34.4 Å². The molecular weight excluding hydrogens is 811 g/mol. The highest BCUT2D eigenvalue weighted by Crippen LogP contribution is 2.61. The number of amides is 2. The molecular formula is C25H42N7O18P3S. The molecule has 306 valence electrons. The highest BCUT2D eigenvalue weighted by atomic mass is 32.2. The van der Waals surface area contributed by atoms with Gasteiger partial charge in [-0.2, -0.15) is 16.1 Å². The molecule has 54 heavy (non-hydrogen) atoms. The van der Waals surface area contributed by atoms with Crippen molar-refractivity contribution < 1.29 is 85.6 Å². The van der Waals surface area contributed by atoms with Crippen LogP contribution in [0.25, 0.3) is 11.2 Å². The SMILES string of the molecule is C[C@H](CSCCNC(=O)CCNC(=O)[C@H](O)C(C)(C)COP(=O)(O)OP(=O)(O)OC[C@H]1O[C@@H](n2cnc3c(N)ncnc32)[C@H](O)[C@@H]1OP(=O)(O)O)C(=O)O. The summed E-state index contributed by atoms with van der Waals surface area (Å²) in [6.07, 6.45) is -6.93. The summed E-state index contributed by atoms with van der Waals surface area (Å²) < 4.78 is 61.9. The third-order valence-corrected chi connectivity index (χ3v) is 11.8. The molecule has 1 aliphatic rings. The van der Waals surface area contributed by atoms with E-state index in [0.717, 1.165) is 17.2 Å². The molecule has 0 spiro atoms. The smallest absolute Gasteiger partial charge is 0.481 e. The maximum atomic E-state index is 12.6. The number of carboxylic acids is 1. The Kier molecular flexibility index (Phi) is 16.1. The van der Waals surface area contributed by atoms with Crippen molar-refractivity contribution in [2.24, 2.45) is 11.3 Å². The largest absolute Gasteiger partial charge is 0.481 e. The number of imidazole rings is 1. The lowest BCUT2D eigenvalue weighted by molar-refractivity contribution is -0.140. The third-order valence-electron chi connectivity index (χ3n) is 7.44. The monoisotopic (exact) mass is 853 g/mol. The van der Waals surface area contributed by atoms with Crippen LogP contribution in [0.4, 0.5) is 5.82 Å². The second kappa shape index (κ2) is 19.0. The Hall–Kier alpha value is -2.64. The van der Waals surface area contributed by atoms with Crippen LogP contribution in [0, 0.1) is 11.3 Å². The first-order valence-electron chi connectivity index (χ1n) is 15.6. The van der Waals surface area contributed by atoms with Crippen LogP contribution in [0.2, 0.25) is 0 Å². The van der Waals surface area contributed by atoms with Crippen LogP contribution in [-0.2, 0) is 50.7 Å². The Morgan fingerprint density at radius 2 is 1.74 bits per heavy atom. The second-order valence-corrected chi connectivity index (χ2v) is 17.8. The summed E-state index contributed by atoms with van der Waals surface area (Å²) in [4.78, 5) is 86.2. The summed E-state index contributed by atoms with van der Waals surface area (Å²) in [5.41, 5.74) is 4.24. The van der Waals surface area contributed by atoms with E-state index in [9.17, 15) is 57.9 Å². The van der Waals surface area contributed by atoms with Crippen molar-refractivity contribution in [2.75, 3.05) is 43.5 Å². The number of thioether (sulfide) groups is 1. The van der Waals surface area contributed by atoms with Crippen molar-refractivity contribution in [3.63, 3.8) is 0 Å². The van der Waals surface area contributed by atoms with Gasteiger partial charge in [-0.25, -0.2) is 28.6 Å².